The van der Waals surface area contributed by atoms with Crippen molar-refractivity contribution in [3.05, 3.63) is 24.3 Å². The molecule has 2 unspecified atom stereocenters. The zero-order chi connectivity index (χ0) is 14.4. The molecule has 1 aromatic carbocycles. The lowest BCUT2D eigenvalue weighted by Crippen LogP contribution is -2.42. The first-order valence-corrected chi connectivity index (χ1v) is 7.11. The Kier molecular flexibility index (Phi) is 5.24. The van der Waals surface area contributed by atoms with Gasteiger partial charge in [0.25, 0.3) is 0 Å². The Labute approximate surface area is 119 Å². The molecule has 1 saturated carbocycles. The van der Waals surface area contributed by atoms with Crippen molar-refractivity contribution in [3.63, 3.8) is 0 Å². The van der Waals surface area contributed by atoms with E-state index in [0.717, 1.165) is 30.7 Å². The second-order valence-electron chi connectivity index (χ2n) is 5.15. The minimum atomic E-state index is 0.00116. The maximum atomic E-state index is 12.0. The fraction of sp³-hybridized carbons (Fsp3) is 0.533. The van der Waals surface area contributed by atoms with E-state index < -0.39 is 0 Å². The summed E-state index contributed by atoms with van der Waals surface area (Å²) in [5, 5.41) is 6.17. The molecule has 1 amide bonds. The van der Waals surface area contributed by atoms with E-state index in [9.17, 15) is 4.79 Å². The lowest BCUT2D eigenvalue weighted by molar-refractivity contribution is -0.120. The van der Waals surface area contributed by atoms with Gasteiger partial charge < -0.3 is 21.1 Å². The summed E-state index contributed by atoms with van der Waals surface area (Å²) in [6.07, 6.45) is 3.29. The van der Waals surface area contributed by atoms with Crippen LogP contribution in [0.5, 0.6) is 5.75 Å². The Hall–Kier alpha value is -1.75. The summed E-state index contributed by atoms with van der Waals surface area (Å²) >= 11 is 0. The Balaban J connectivity index is 1.83. The third kappa shape index (κ3) is 3.63. The number of para-hydroxylation sites is 2. The van der Waals surface area contributed by atoms with Gasteiger partial charge in [0.2, 0.25) is 5.91 Å². The quantitative estimate of drug-likeness (QED) is 0.733. The standard InChI is InChI=1S/C15H23N3O2/c1-20-14-8-3-2-6-13(14)17-10-15(19)18-12-7-4-5-11(12)9-16/h2-3,6,8,11-12,17H,4-5,7,9-10,16H2,1H3,(H,18,19). The number of benzene rings is 1. The summed E-state index contributed by atoms with van der Waals surface area (Å²) < 4.78 is 5.23. The number of methoxy groups -OCH3 is 1. The van der Waals surface area contributed by atoms with Crippen LogP contribution in [0.15, 0.2) is 24.3 Å². The first kappa shape index (κ1) is 14.7. The minimum Gasteiger partial charge on any atom is -0.495 e. The molecule has 5 heteroatoms. The number of amides is 1. The van der Waals surface area contributed by atoms with Gasteiger partial charge in [-0.1, -0.05) is 18.6 Å². The van der Waals surface area contributed by atoms with Crippen LogP contribution in [0.1, 0.15) is 19.3 Å². The van der Waals surface area contributed by atoms with Crippen molar-refractivity contribution in [3.8, 4) is 5.75 Å². The summed E-state index contributed by atoms with van der Waals surface area (Å²) in [7, 11) is 1.62. The molecule has 0 spiro atoms. The fourth-order valence-electron chi connectivity index (χ4n) is 2.73. The van der Waals surface area contributed by atoms with Crippen LogP contribution in [0.2, 0.25) is 0 Å². The molecule has 2 rings (SSSR count). The Morgan fingerprint density at radius 2 is 2.20 bits per heavy atom. The second kappa shape index (κ2) is 7.14. The number of hydrogen-bond acceptors (Lipinski definition) is 4. The van der Waals surface area contributed by atoms with Crippen molar-refractivity contribution in [2.24, 2.45) is 11.7 Å². The molecule has 20 heavy (non-hydrogen) atoms. The predicted octanol–water partition coefficient (Wildman–Crippen LogP) is 1.35. The van der Waals surface area contributed by atoms with Crippen LogP contribution < -0.4 is 21.1 Å². The normalized spacial score (nSPS) is 21.5. The molecule has 0 heterocycles. The smallest absolute Gasteiger partial charge is 0.239 e. The van der Waals surface area contributed by atoms with E-state index in [4.69, 9.17) is 10.5 Å². The van der Waals surface area contributed by atoms with Gasteiger partial charge in [-0.05, 0) is 37.4 Å². The number of carbonyl (C=O) groups is 1. The fourth-order valence-corrected chi connectivity index (χ4v) is 2.73. The highest BCUT2D eigenvalue weighted by molar-refractivity contribution is 5.81. The zero-order valence-electron chi connectivity index (χ0n) is 11.9. The van der Waals surface area contributed by atoms with Crippen molar-refractivity contribution in [1.29, 1.82) is 0 Å². The van der Waals surface area contributed by atoms with E-state index in [1.807, 2.05) is 24.3 Å². The average Bonchev–Trinajstić information content (AvgIpc) is 2.92. The minimum absolute atomic E-state index is 0.00116. The lowest BCUT2D eigenvalue weighted by Gasteiger charge is -2.20. The van der Waals surface area contributed by atoms with Crippen molar-refractivity contribution in [2.75, 3.05) is 25.5 Å². The van der Waals surface area contributed by atoms with Gasteiger partial charge in [0.15, 0.2) is 0 Å². The summed E-state index contributed by atoms with van der Waals surface area (Å²) in [4.78, 5) is 12.0. The molecule has 0 bridgehead atoms. The van der Waals surface area contributed by atoms with E-state index in [0.29, 0.717) is 12.5 Å². The number of ether oxygens (including phenoxy) is 1. The SMILES string of the molecule is COc1ccccc1NCC(=O)NC1CCCC1CN. The zero-order valence-corrected chi connectivity index (χ0v) is 11.9. The van der Waals surface area contributed by atoms with Gasteiger partial charge in [-0.25, -0.2) is 0 Å². The molecular formula is C15H23N3O2. The van der Waals surface area contributed by atoms with Crippen molar-refractivity contribution in [1.82, 2.24) is 5.32 Å². The number of nitrogens with one attached hydrogen (secondary N) is 2. The molecule has 2 atom stereocenters. The molecule has 1 fully saturated rings. The van der Waals surface area contributed by atoms with Crippen molar-refractivity contribution < 1.29 is 9.53 Å². The van der Waals surface area contributed by atoms with E-state index >= 15 is 0 Å². The van der Waals surface area contributed by atoms with Crippen molar-refractivity contribution >= 4 is 11.6 Å². The molecule has 110 valence electrons. The number of rotatable bonds is 6. The van der Waals surface area contributed by atoms with E-state index in [2.05, 4.69) is 10.6 Å². The van der Waals surface area contributed by atoms with Crippen LogP contribution in [0.4, 0.5) is 5.69 Å². The molecule has 4 N–H and O–H groups in total. The summed E-state index contributed by atoms with van der Waals surface area (Å²) in [5.41, 5.74) is 6.55. The first-order valence-electron chi connectivity index (χ1n) is 7.11. The van der Waals surface area contributed by atoms with Crippen LogP contribution in [0, 0.1) is 5.92 Å². The molecule has 5 nitrogen and oxygen atoms in total. The monoisotopic (exact) mass is 277 g/mol. The highest BCUT2D eigenvalue weighted by atomic mass is 16.5. The number of hydrogen-bond donors (Lipinski definition) is 3. The molecule has 1 aliphatic carbocycles. The van der Waals surface area contributed by atoms with Gasteiger partial charge >= 0.3 is 0 Å². The van der Waals surface area contributed by atoms with Gasteiger partial charge in [0, 0.05) is 6.04 Å². The van der Waals surface area contributed by atoms with Crippen LogP contribution in [-0.2, 0) is 4.79 Å². The summed E-state index contributed by atoms with van der Waals surface area (Å²) in [6, 6.07) is 7.79. The summed E-state index contributed by atoms with van der Waals surface area (Å²) in [5.74, 6) is 1.16. The van der Waals surface area contributed by atoms with Gasteiger partial charge in [-0.15, -0.1) is 0 Å². The third-order valence-corrected chi connectivity index (χ3v) is 3.85. The number of nitrogens with two attached hydrogens (primary N) is 1. The topological polar surface area (TPSA) is 76.4 Å². The maximum absolute atomic E-state index is 12.0. The van der Waals surface area contributed by atoms with Crippen LogP contribution >= 0.6 is 0 Å². The van der Waals surface area contributed by atoms with Gasteiger partial charge in [-0.3, -0.25) is 4.79 Å². The van der Waals surface area contributed by atoms with Crippen LogP contribution in [0.3, 0.4) is 0 Å². The van der Waals surface area contributed by atoms with E-state index in [1.165, 1.54) is 0 Å². The highest BCUT2D eigenvalue weighted by Crippen LogP contribution is 2.25. The van der Waals surface area contributed by atoms with E-state index in [-0.39, 0.29) is 18.5 Å². The summed E-state index contributed by atoms with van der Waals surface area (Å²) in [6.45, 7) is 0.888. The predicted molar refractivity (Wildman–Crippen MR) is 79.8 cm³/mol. The Bertz CT molecular complexity index is 450. The average molecular weight is 277 g/mol. The molecule has 1 aromatic rings. The maximum Gasteiger partial charge on any atom is 0.239 e. The lowest BCUT2D eigenvalue weighted by atomic mass is 10.0. The Morgan fingerprint density at radius 3 is 2.95 bits per heavy atom. The molecular weight excluding hydrogens is 254 g/mol. The Morgan fingerprint density at radius 1 is 1.40 bits per heavy atom. The molecule has 0 aromatic heterocycles. The molecule has 1 aliphatic rings. The largest absolute Gasteiger partial charge is 0.495 e. The first-order chi connectivity index (χ1) is 9.74. The highest BCUT2D eigenvalue weighted by Gasteiger charge is 2.27. The van der Waals surface area contributed by atoms with Crippen LogP contribution in [0.25, 0.3) is 0 Å². The van der Waals surface area contributed by atoms with Gasteiger partial charge in [0.1, 0.15) is 5.75 Å². The van der Waals surface area contributed by atoms with Gasteiger partial charge in [0.05, 0.1) is 19.3 Å². The molecule has 0 radical (unpaired) electrons. The molecule has 0 aliphatic heterocycles. The van der Waals surface area contributed by atoms with Crippen molar-refractivity contribution in [2.45, 2.75) is 25.3 Å². The number of anilines is 1. The second-order valence-corrected chi connectivity index (χ2v) is 5.15. The van der Waals surface area contributed by atoms with E-state index in [1.54, 1.807) is 7.11 Å². The van der Waals surface area contributed by atoms with Gasteiger partial charge in [-0.2, -0.15) is 0 Å². The molecule has 0 saturated heterocycles. The third-order valence-electron chi connectivity index (χ3n) is 3.85. The van der Waals surface area contributed by atoms with Crippen LogP contribution in [-0.4, -0.2) is 32.1 Å². The number of carbonyl (C=O) groups excluding carboxylic acids is 1.